The second-order valence-corrected chi connectivity index (χ2v) is 5.91. The van der Waals surface area contributed by atoms with Gasteiger partial charge in [-0.25, -0.2) is 15.8 Å². The molecule has 0 saturated carbocycles. The number of nitrogens with zero attached hydrogens (tertiary/aromatic N) is 3. The van der Waals surface area contributed by atoms with Gasteiger partial charge in [0.2, 0.25) is 0 Å². The van der Waals surface area contributed by atoms with E-state index in [2.05, 4.69) is 48.0 Å². The van der Waals surface area contributed by atoms with Gasteiger partial charge in [0.05, 0.1) is 0 Å². The molecule has 0 bridgehead atoms. The number of aryl methyl sites for hydroxylation is 1. The molecule has 0 unspecified atom stereocenters. The first kappa shape index (κ1) is 15.7. The molecular weight excluding hydrogens is 238 g/mol. The third-order valence-corrected chi connectivity index (χ3v) is 2.84. The summed E-state index contributed by atoms with van der Waals surface area (Å²) in [4.78, 5) is 11.3. The molecule has 0 aliphatic heterocycles. The van der Waals surface area contributed by atoms with E-state index >= 15 is 0 Å². The molecule has 19 heavy (non-hydrogen) atoms. The van der Waals surface area contributed by atoms with Crippen molar-refractivity contribution in [3.05, 3.63) is 11.4 Å². The number of hydrogen-bond donors (Lipinski definition) is 2. The van der Waals surface area contributed by atoms with Crippen molar-refractivity contribution < 1.29 is 0 Å². The van der Waals surface area contributed by atoms with Crippen molar-refractivity contribution in [3.8, 4) is 0 Å². The maximum atomic E-state index is 5.53. The predicted molar refractivity (Wildman–Crippen MR) is 81.2 cm³/mol. The van der Waals surface area contributed by atoms with Gasteiger partial charge >= 0.3 is 0 Å². The SMILES string of the molecule is Cc1nc(NN)c(C)c(N(CC(C)C)CC(C)C)n1. The molecule has 1 aromatic rings. The van der Waals surface area contributed by atoms with E-state index in [4.69, 9.17) is 5.84 Å². The van der Waals surface area contributed by atoms with Crippen LogP contribution in [0.15, 0.2) is 0 Å². The zero-order valence-electron chi connectivity index (χ0n) is 13.0. The van der Waals surface area contributed by atoms with Crippen LogP contribution in [0.25, 0.3) is 0 Å². The Kier molecular flexibility index (Phi) is 5.54. The monoisotopic (exact) mass is 265 g/mol. The lowest BCUT2D eigenvalue weighted by Gasteiger charge is -2.29. The minimum Gasteiger partial charge on any atom is -0.356 e. The van der Waals surface area contributed by atoms with Crippen LogP contribution in [0.1, 0.15) is 39.1 Å². The first-order valence-corrected chi connectivity index (χ1v) is 6.92. The molecule has 0 aliphatic carbocycles. The fourth-order valence-corrected chi connectivity index (χ4v) is 2.19. The van der Waals surface area contributed by atoms with E-state index < -0.39 is 0 Å². The normalized spacial score (nSPS) is 11.2. The lowest BCUT2D eigenvalue weighted by Crippen LogP contribution is -2.33. The van der Waals surface area contributed by atoms with Gasteiger partial charge in [-0.2, -0.15) is 0 Å². The first-order chi connectivity index (χ1) is 8.85. The topological polar surface area (TPSA) is 67.1 Å². The second kappa shape index (κ2) is 6.70. The van der Waals surface area contributed by atoms with E-state index in [0.717, 1.165) is 30.3 Å². The average molecular weight is 265 g/mol. The molecule has 0 fully saturated rings. The van der Waals surface area contributed by atoms with Crippen LogP contribution in [-0.2, 0) is 0 Å². The Hall–Kier alpha value is -1.36. The molecule has 1 heterocycles. The summed E-state index contributed by atoms with van der Waals surface area (Å²) in [6.45, 7) is 14.8. The number of nitrogens with two attached hydrogens (primary N) is 1. The summed E-state index contributed by atoms with van der Waals surface area (Å²) in [6.07, 6.45) is 0. The Balaban J connectivity index is 3.16. The lowest BCUT2D eigenvalue weighted by molar-refractivity contribution is 0.547. The third-order valence-electron chi connectivity index (χ3n) is 2.84. The Labute approximate surface area is 116 Å². The third kappa shape index (κ3) is 4.35. The van der Waals surface area contributed by atoms with E-state index in [1.807, 2.05) is 13.8 Å². The van der Waals surface area contributed by atoms with Crippen LogP contribution >= 0.6 is 0 Å². The fourth-order valence-electron chi connectivity index (χ4n) is 2.19. The second-order valence-electron chi connectivity index (χ2n) is 5.91. The molecule has 5 nitrogen and oxygen atoms in total. The highest BCUT2D eigenvalue weighted by molar-refractivity contribution is 5.58. The zero-order valence-corrected chi connectivity index (χ0v) is 13.0. The van der Waals surface area contributed by atoms with Gasteiger partial charge in [-0.1, -0.05) is 27.7 Å². The van der Waals surface area contributed by atoms with E-state index in [1.165, 1.54) is 0 Å². The minimum atomic E-state index is 0.586. The molecule has 3 N–H and O–H groups in total. The van der Waals surface area contributed by atoms with E-state index in [9.17, 15) is 0 Å². The summed E-state index contributed by atoms with van der Waals surface area (Å²) in [5, 5.41) is 0. The zero-order chi connectivity index (χ0) is 14.6. The van der Waals surface area contributed by atoms with E-state index in [-0.39, 0.29) is 0 Å². The first-order valence-electron chi connectivity index (χ1n) is 6.92. The summed E-state index contributed by atoms with van der Waals surface area (Å²) in [7, 11) is 0. The molecule has 0 radical (unpaired) electrons. The largest absolute Gasteiger partial charge is 0.356 e. The van der Waals surface area contributed by atoms with Crippen molar-refractivity contribution >= 4 is 11.6 Å². The van der Waals surface area contributed by atoms with Gasteiger partial charge in [-0.3, -0.25) is 0 Å². The highest BCUT2D eigenvalue weighted by atomic mass is 15.3. The Bertz CT molecular complexity index is 405. The molecule has 1 rings (SSSR count). The van der Waals surface area contributed by atoms with Gasteiger partial charge in [0.15, 0.2) is 0 Å². The molecular formula is C14H27N5. The van der Waals surface area contributed by atoms with Gasteiger partial charge in [0, 0.05) is 18.7 Å². The molecule has 0 spiro atoms. The minimum absolute atomic E-state index is 0.586. The van der Waals surface area contributed by atoms with Gasteiger partial charge in [-0.15, -0.1) is 0 Å². The molecule has 108 valence electrons. The van der Waals surface area contributed by atoms with Gasteiger partial charge in [0.25, 0.3) is 0 Å². The standard InChI is InChI=1S/C14H27N5/c1-9(2)7-19(8-10(3)4)14-11(5)13(18-15)16-12(6)17-14/h9-10H,7-8,15H2,1-6H3,(H,16,17,18). The smallest absolute Gasteiger partial charge is 0.148 e. The molecule has 0 amide bonds. The quantitative estimate of drug-likeness (QED) is 0.611. The number of hydrogen-bond acceptors (Lipinski definition) is 5. The van der Waals surface area contributed by atoms with Gasteiger partial charge in [-0.05, 0) is 25.7 Å². The van der Waals surface area contributed by atoms with Crippen molar-refractivity contribution in [3.63, 3.8) is 0 Å². The number of nitrogen functional groups attached to an aromatic ring is 1. The van der Waals surface area contributed by atoms with Crippen LogP contribution in [0.2, 0.25) is 0 Å². The van der Waals surface area contributed by atoms with Crippen LogP contribution < -0.4 is 16.2 Å². The van der Waals surface area contributed by atoms with Crippen molar-refractivity contribution in [2.24, 2.45) is 17.7 Å². The summed E-state index contributed by atoms with van der Waals surface area (Å²) in [5.41, 5.74) is 3.67. The highest BCUT2D eigenvalue weighted by Crippen LogP contribution is 2.24. The predicted octanol–water partition coefficient (Wildman–Crippen LogP) is 2.50. The molecule has 0 saturated heterocycles. The van der Waals surface area contributed by atoms with Gasteiger partial charge < -0.3 is 10.3 Å². The Morgan fingerprint density at radius 2 is 1.58 bits per heavy atom. The number of nitrogens with one attached hydrogen (secondary N) is 1. The highest BCUT2D eigenvalue weighted by Gasteiger charge is 2.17. The molecule has 0 atom stereocenters. The molecule has 0 aliphatic rings. The van der Waals surface area contributed by atoms with Crippen molar-refractivity contribution in [2.75, 3.05) is 23.4 Å². The number of hydrazine groups is 1. The van der Waals surface area contributed by atoms with Gasteiger partial charge in [0.1, 0.15) is 17.5 Å². The van der Waals surface area contributed by atoms with Crippen LogP contribution in [0.3, 0.4) is 0 Å². The maximum absolute atomic E-state index is 5.53. The van der Waals surface area contributed by atoms with Crippen LogP contribution in [0, 0.1) is 25.7 Å². The number of aromatic nitrogens is 2. The average Bonchev–Trinajstić information content (AvgIpc) is 2.29. The molecule has 5 heteroatoms. The van der Waals surface area contributed by atoms with Crippen LogP contribution in [-0.4, -0.2) is 23.1 Å². The molecule has 0 aromatic carbocycles. The summed E-state index contributed by atoms with van der Waals surface area (Å²) >= 11 is 0. The van der Waals surface area contributed by atoms with Crippen molar-refractivity contribution in [1.29, 1.82) is 0 Å². The number of anilines is 2. The maximum Gasteiger partial charge on any atom is 0.148 e. The fraction of sp³-hybridized carbons (Fsp3) is 0.714. The van der Waals surface area contributed by atoms with E-state index in [1.54, 1.807) is 0 Å². The van der Waals surface area contributed by atoms with E-state index in [0.29, 0.717) is 17.7 Å². The van der Waals surface area contributed by atoms with Crippen LogP contribution in [0.4, 0.5) is 11.6 Å². The van der Waals surface area contributed by atoms with Crippen LogP contribution in [0.5, 0.6) is 0 Å². The molecule has 1 aromatic heterocycles. The summed E-state index contributed by atoms with van der Waals surface area (Å²) < 4.78 is 0. The Morgan fingerprint density at radius 3 is 2.00 bits per heavy atom. The van der Waals surface area contributed by atoms with Crippen molar-refractivity contribution in [2.45, 2.75) is 41.5 Å². The lowest BCUT2D eigenvalue weighted by atomic mass is 10.1. The summed E-state index contributed by atoms with van der Waals surface area (Å²) in [5.74, 6) is 9.14. The number of rotatable bonds is 6. The summed E-state index contributed by atoms with van der Waals surface area (Å²) in [6, 6.07) is 0. The Morgan fingerprint density at radius 1 is 1.05 bits per heavy atom. The van der Waals surface area contributed by atoms with Crippen molar-refractivity contribution in [1.82, 2.24) is 9.97 Å².